The average molecular weight is 268 g/mol. The summed E-state index contributed by atoms with van der Waals surface area (Å²) >= 11 is 1.56. The fourth-order valence-corrected chi connectivity index (χ4v) is 2.13. The van der Waals surface area contributed by atoms with Crippen molar-refractivity contribution in [1.29, 1.82) is 0 Å². The second-order valence-corrected chi connectivity index (χ2v) is 5.00. The van der Waals surface area contributed by atoms with E-state index in [4.69, 9.17) is 9.47 Å². The smallest absolute Gasteiger partial charge is 0.244 e. The van der Waals surface area contributed by atoms with E-state index in [1.54, 1.807) is 17.4 Å². The molecule has 6 heteroatoms. The Kier molecular flexibility index (Phi) is 4.86. The molecule has 0 aliphatic carbocycles. The SMILES string of the molecule is Cc1nc(/C=C\C(=O)NC[C@H]2COCCO2)cs1. The first-order valence-electron chi connectivity index (χ1n) is 5.81. The van der Waals surface area contributed by atoms with E-state index in [-0.39, 0.29) is 12.0 Å². The third-order valence-electron chi connectivity index (χ3n) is 2.43. The van der Waals surface area contributed by atoms with Crippen LogP contribution in [0, 0.1) is 6.92 Å². The van der Waals surface area contributed by atoms with Crippen LogP contribution in [0.4, 0.5) is 0 Å². The van der Waals surface area contributed by atoms with Gasteiger partial charge in [-0.2, -0.15) is 0 Å². The molecule has 0 saturated carbocycles. The number of nitrogens with zero attached hydrogens (tertiary/aromatic N) is 1. The molecule has 18 heavy (non-hydrogen) atoms. The van der Waals surface area contributed by atoms with Crippen LogP contribution in [-0.4, -0.2) is 43.4 Å². The number of amides is 1. The Bertz CT molecular complexity index is 425. The predicted octanol–water partition coefficient (Wildman–Crippen LogP) is 0.996. The first kappa shape index (κ1) is 13.2. The van der Waals surface area contributed by atoms with Gasteiger partial charge in [0, 0.05) is 18.0 Å². The lowest BCUT2D eigenvalue weighted by Gasteiger charge is -2.22. The third kappa shape index (κ3) is 4.21. The highest BCUT2D eigenvalue weighted by Crippen LogP contribution is 2.08. The molecule has 1 aromatic heterocycles. The zero-order chi connectivity index (χ0) is 12.8. The molecule has 0 aromatic carbocycles. The predicted molar refractivity (Wildman–Crippen MR) is 69.5 cm³/mol. The molecule has 1 aromatic rings. The molecule has 0 spiro atoms. The molecule has 1 aliphatic rings. The van der Waals surface area contributed by atoms with Crippen LogP contribution in [0.3, 0.4) is 0 Å². The number of hydrogen-bond acceptors (Lipinski definition) is 5. The first-order chi connectivity index (χ1) is 8.74. The van der Waals surface area contributed by atoms with Crippen molar-refractivity contribution in [3.63, 3.8) is 0 Å². The van der Waals surface area contributed by atoms with Gasteiger partial charge in [0.05, 0.1) is 36.6 Å². The molecule has 5 nitrogen and oxygen atoms in total. The Morgan fingerprint density at radius 1 is 1.67 bits per heavy atom. The minimum atomic E-state index is -0.144. The Balaban J connectivity index is 1.73. The third-order valence-corrected chi connectivity index (χ3v) is 3.22. The van der Waals surface area contributed by atoms with Gasteiger partial charge >= 0.3 is 0 Å². The molecular formula is C12H16N2O3S. The van der Waals surface area contributed by atoms with Crippen LogP contribution >= 0.6 is 11.3 Å². The molecule has 1 atom stereocenters. The van der Waals surface area contributed by atoms with Crippen molar-refractivity contribution in [2.75, 3.05) is 26.4 Å². The van der Waals surface area contributed by atoms with E-state index in [1.807, 2.05) is 12.3 Å². The van der Waals surface area contributed by atoms with E-state index in [0.29, 0.717) is 26.4 Å². The van der Waals surface area contributed by atoms with Crippen molar-refractivity contribution in [1.82, 2.24) is 10.3 Å². The Labute approximate surface area is 110 Å². The molecular weight excluding hydrogens is 252 g/mol. The van der Waals surface area contributed by atoms with E-state index in [1.165, 1.54) is 6.08 Å². The van der Waals surface area contributed by atoms with Gasteiger partial charge < -0.3 is 14.8 Å². The number of aromatic nitrogens is 1. The number of carbonyl (C=O) groups is 1. The minimum absolute atomic E-state index is 0.0439. The summed E-state index contributed by atoms with van der Waals surface area (Å²) in [6, 6.07) is 0. The molecule has 0 bridgehead atoms. The molecule has 0 radical (unpaired) electrons. The highest BCUT2D eigenvalue weighted by atomic mass is 32.1. The minimum Gasteiger partial charge on any atom is -0.376 e. The van der Waals surface area contributed by atoms with E-state index >= 15 is 0 Å². The second kappa shape index (κ2) is 6.63. The quantitative estimate of drug-likeness (QED) is 0.828. The van der Waals surface area contributed by atoms with Crippen LogP contribution in [0.2, 0.25) is 0 Å². The summed E-state index contributed by atoms with van der Waals surface area (Å²) in [6.07, 6.45) is 3.15. The molecule has 0 unspecified atom stereocenters. The fraction of sp³-hybridized carbons (Fsp3) is 0.500. The zero-order valence-corrected chi connectivity index (χ0v) is 11.0. The van der Waals surface area contributed by atoms with Gasteiger partial charge in [-0.15, -0.1) is 11.3 Å². The Morgan fingerprint density at radius 2 is 2.56 bits per heavy atom. The lowest BCUT2D eigenvalue weighted by atomic mass is 10.3. The summed E-state index contributed by atoms with van der Waals surface area (Å²) in [4.78, 5) is 15.8. The number of ether oxygens (including phenoxy) is 2. The maximum Gasteiger partial charge on any atom is 0.244 e. The summed E-state index contributed by atoms with van der Waals surface area (Å²) in [7, 11) is 0. The van der Waals surface area contributed by atoms with Gasteiger partial charge in [-0.05, 0) is 13.0 Å². The van der Waals surface area contributed by atoms with Crippen LogP contribution in [0.5, 0.6) is 0 Å². The fourth-order valence-electron chi connectivity index (χ4n) is 1.55. The first-order valence-corrected chi connectivity index (χ1v) is 6.69. The number of rotatable bonds is 4. The van der Waals surface area contributed by atoms with Crippen LogP contribution < -0.4 is 5.32 Å². The number of thiazole rings is 1. The maximum atomic E-state index is 11.5. The summed E-state index contributed by atoms with van der Waals surface area (Å²) in [5.74, 6) is -0.144. The van der Waals surface area contributed by atoms with E-state index in [2.05, 4.69) is 10.3 Å². The number of aryl methyl sites for hydroxylation is 1. The lowest BCUT2D eigenvalue weighted by molar-refractivity contribution is -0.119. The monoisotopic (exact) mass is 268 g/mol. The molecule has 1 aliphatic heterocycles. The van der Waals surface area contributed by atoms with Gasteiger partial charge in [0.25, 0.3) is 0 Å². The van der Waals surface area contributed by atoms with E-state index in [9.17, 15) is 4.79 Å². The summed E-state index contributed by atoms with van der Waals surface area (Å²) in [5.41, 5.74) is 0.810. The van der Waals surface area contributed by atoms with Crippen molar-refractivity contribution >= 4 is 23.3 Å². The number of hydrogen-bond donors (Lipinski definition) is 1. The van der Waals surface area contributed by atoms with Crippen molar-refractivity contribution in [3.8, 4) is 0 Å². The van der Waals surface area contributed by atoms with E-state index < -0.39 is 0 Å². The van der Waals surface area contributed by atoms with Crippen molar-refractivity contribution < 1.29 is 14.3 Å². The van der Waals surface area contributed by atoms with E-state index in [0.717, 1.165) is 10.7 Å². The normalized spacial score (nSPS) is 20.2. The summed E-state index contributed by atoms with van der Waals surface area (Å²) in [6.45, 7) is 4.17. The Hall–Kier alpha value is -1.24. The second-order valence-electron chi connectivity index (χ2n) is 3.94. The molecule has 1 N–H and O–H groups in total. The highest BCUT2D eigenvalue weighted by Gasteiger charge is 2.14. The molecule has 2 heterocycles. The topological polar surface area (TPSA) is 60.5 Å². The van der Waals surface area contributed by atoms with Crippen molar-refractivity contribution in [2.24, 2.45) is 0 Å². The van der Waals surface area contributed by atoms with Gasteiger partial charge in [-0.25, -0.2) is 4.98 Å². The van der Waals surface area contributed by atoms with Crippen LogP contribution in [-0.2, 0) is 14.3 Å². The van der Waals surface area contributed by atoms with Gasteiger partial charge in [0.1, 0.15) is 0 Å². The zero-order valence-electron chi connectivity index (χ0n) is 10.2. The number of nitrogens with one attached hydrogen (secondary N) is 1. The van der Waals surface area contributed by atoms with Gasteiger partial charge in [-0.1, -0.05) is 0 Å². The summed E-state index contributed by atoms with van der Waals surface area (Å²) < 4.78 is 10.7. The van der Waals surface area contributed by atoms with Crippen LogP contribution in [0.25, 0.3) is 6.08 Å². The maximum absolute atomic E-state index is 11.5. The Morgan fingerprint density at radius 3 is 3.22 bits per heavy atom. The van der Waals surface area contributed by atoms with Crippen LogP contribution in [0.1, 0.15) is 10.7 Å². The standard InChI is InChI=1S/C12H16N2O3S/c1-9-14-10(8-18-9)2-3-12(15)13-6-11-7-16-4-5-17-11/h2-3,8,11H,4-7H2,1H3,(H,13,15)/b3-2-/t11-/m0/s1. The highest BCUT2D eigenvalue weighted by molar-refractivity contribution is 7.09. The molecule has 1 saturated heterocycles. The average Bonchev–Trinajstić information content (AvgIpc) is 2.81. The van der Waals surface area contributed by atoms with Crippen LogP contribution in [0.15, 0.2) is 11.5 Å². The van der Waals surface area contributed by atoms with Gasteiger partial charge in [-0.3, -0.25) is 4.79 Å². The largest absolute Gasteiger partial charge is 0.376 e. The molecule has 1 amide bonds. The van der Waals surface area contributed by atoms with Crippen molar-refractivity contribution in [2.45, 2.75) is 13.0 Å². The van der Waals surface area contributed by atoms with Gasteiger partial charge in [0.15, 0.2) is 0 Å². The lowest BCUT2D eigenvalue weighted by Crippen LogP contribution is -2.39. The van der Waals surface area contributed by atoms with Crippen molar-refractivity contribution in [3.05, 3.63) is 22.2 Å². The molecule has 98 valence electrons. The molecule has 2 rings (SSSR count). The number of carbonyl (C=O) groups excluding carboxylic acids is 1. The van der Waals surface area contributed by atoms with Gasteiger partial charge in [0.2, 0.25) is 5.91 Å². The summed E-state index contributed by atoms with van der Waals surface area (Å²) in [5, 5.41) is 5.68. The molecule has 1 fully saturated rings.